The zero-order chi connectivity index (χ0) is 48.1. The lowest BCUT2D eigenvalue weighted by atomic mass is 9.76. The second-order valence-corrected chi connectivity index (χ2v) is 22.0. The van der Waals surface area contributed by atoms with E-state index < -0.39 is 37.0 Å². The topological polar surface area (TPSA) is 170 Å². The van der Waals surface area contributed by atoms with Crippen molar-refractivity contribution in [3.05, 3.63) is 160 Å². The lowest BCUT2D eigenvalue weighted by molar-refractivity contribution is -0.120. The van der Waals surface area contributed by atoms with E-state index in [4.69, 9.17) is 11.6 Å². The fraction of sp³-hybridized carbons (Fsp3) is 0.321. The number of rotatable bonds is 18. The molecule has 4 N–H and O–H groups in total. The van der Waals surface area contributed by atoms with E-state index in [-0.39, 0.29) is 42.5 Å². The molecule has 11 nitrogen and oxygen atoms in total. The number of hydrogen-bond acceptors (Lipinski definition) is 8. The molecule has 0 saturated carbocycles. The summed E-state index contributed by atoms with van der Waals surface area (Å²) in [6, 6.07) is 33.4. The number of carbonyl (C=O) groups is 2. The Hall–Kier alpha value is -5.57. The van der Waals surface area contributed by atoms with Crippen LogP contribution in [-0.4, -0.2) is 62.2 Å². The van der Waals surface area contributed by atoms with Gasteiger partial charge >= 0.3 is 0 Å². The molecule has 0 spiro atoms. The molecule has 0 aromatic heterocycles. The third kappa shape index (κ3) is 11.6. The fourth-order valence-electron chi connectivity index (χ4n) is 9.46. The Balaban J connectivity index is 1.25. The van der Waals surface area contributed by atoms with Gasteiger partial charge in [-0.3, -0.25) is 18.7 Å². The van der Waals surface area contributed by atoms with Crippen LogP contribution in [0.2, 0.25) is 0 Å². The van der Waals surface area contributed by atoms with Crippen molar-refractivity contribution in [2.45, 2.75) is 77.0 Å². The predicted molar refractivity (Wildman–Crippen MR) is 272 cm³/mol. The summed E-state index contributed by atoms with van der Waals surface area (Å²) in [5.41, 5.74) is 5.09. The highest BCUT2D eigenvalue weighted by atomic mass is 35.5. The van der Waals surface area contributed by atoms with E-state index in [0.29, 0.717) is 48.6 Å². The molecule has 0 saturated heterocycles. The van der Waals surface area contributed by atoms with Gasteiger partial charge < -0.3 is 15.5 Å². The maximum absolute atomic E-state index is 14.6. The number of para-hydroxylation sites is 1. The Morgan fingerprint density at radius 3 is 2.07 bits per heavy atom. The monoisotopic (exact) mass is 963 g/mol. The van der Waals surface area contributed by atoms with Gasteiger partial charge in [0.25, 0.3) is 20.2 Å². The van der Waals surface area contributed by atoms with Gasteiger partial charge in [0.15, 0.2) is 5.78 Å². The van der Waals surface area contributed by atoms with Crippen LogP contribution < -0.4 is 15.5 Å². The molecule has 14 heteroatoms. The van der Waals surface area contributed by atoms with Gasteiger partial charge in [-0.25, -0.2) is 0 Å². The van der Waals surface area contributed by atoms with Crippen molar-refractivity contribution in [3.8, 4) is 0 Å². The molecule has 0 fully saturated rings. The van der Waals surface area contributed by atoms with Crippen molar-refractivity contribution in [2.75, 3.05) is 40.1 Å². The first kappa shape index (κ1) is 49.3. The first-order valence-corrected chi connectivity index (χ1v) is 26.2. The molecule has 1 heterocycles. The van der Waals surface area contributed by atoms with Crippen molar-refractivity contribution >= 4 is 82.1 Å². The number of fused-ring (bicyclic) bond motifs is 4. The minimum absolute atomic E-state index is 0.185. The Morgan fingerprint density at radius 2 is 1.39 bits per heavy atom. The highest BCUT2D eigenvalue weighted by molar-refractivity contribution is 7.86. The van der Waals surface area contributed by atoms with Gasteiger partial charge in [0.05, 0.1) is 16.9 Å². The van der Waals surface area contributed by atoms with Gasteiger partial charge in [-0.15, -0.1) is 0 Å². The third-order valence-corrected chi connectivity index (χ3v) is 15.0. The molecule has 5 aromatic carbocycles. The number of unbranched alkanes of at least 4 members (excludes halogenated alkanes) is 2. The minimum Gasteiger partial charge on any atom is -0.385 e. The number of nitrogens with one attached hydrogen (secondary N) is 2. The third-order valence-electron chi connectivity index (χ3n) is 12.9. The Kier molecular flexibility index (Phi) is 15.0. The number of nitrogens with zero attached hydrogens (tertiary/aromatic N) is 1. The summed E-state index contributed by atoms with van der Waals surface area (Å²) in [4.78, 5) is 30.8. The number of carbonyl (C=O) groups excluding carboxylic acids is 2. The van der Waals surface area contributed by atoms with Crippen molar-refractivity contribution in [1.29, 1.82) is 0 Å². The van der Waals surface area contributed by atoms with Crippen LogP contribution in [0.25, 0.3) is 21.5 Å². The van der Waals surface area contributed by atoms with Gasteiger partial charge in [-0.05, 0) is 133 Å². The van der Waals surface area contributed by atoms with Crippen LogP contribution in [0.15, 0.2) is 149 Å². The quantitative estimate of drug-likeness (QED) is 0.0376. The van der Waals surface area contributed by atoms with E-state index in [2.05, 4.69) is 53.6 Å². The molecule has 1 atom stereocenters. The van der Waals surface area contributed by atoms with E-state index in [9.17, 15) is 35.5 Å². The van der Waals surface area contributed by atoms with Gasteiger partial charge in [-0.1, -0.05) is 116 Å². The molecule has 7 rings (SSSR count). The van der Waals surface area contributed by atoms with Crippen LogP contribution >= 0.6 is 11.6 Å². The van der Waals surface area contributed by atoms with E-state index in [1.165, 1.54) is 0 Å². The van der Waals surface area contributed by atoms with Gasteiger partial charge in [-0.2, -0.15) is 16.8 Å². The predicted octanol–water partition coefficient (Wildman–Crippen LogP) is 11.3. The number of amides is 1. The van der Waals surface area contributed by atoms with Crippen LogP contribution in [0.4, 0.5) is 17.1 Å². The second-order valence-electron chi connectivity index (χ2n) is 18.4. The smallest absolute Gasteiger partial charge is 0.264 e. The minimum atomic E-state index is -4.11. The van der Waals surface area contributed by atoms with Crippen molar-refractivity contribution in [1.82, 2.24) is 0 Å². The van der Waals surface area contributed by atoms with Gasteiger partial charge in [0.1, 0.15) is 0 Å². The molecule has 0 bridgehead atoms. The molecule has 2 aliphatic rings. The molecule has 0 radical (unpaired) electrons. The zero-order valence-corrected chi connectivity index (χ0v) is 40.6. The normalized spacial score (nSPS) is 17.8. The maximum Gasteiger partial charge on any atom is 0.264 e. The molecular weight excluding hydrogens is 906 g/mol. The number of ketones is 1. The van der Waals surface area contributed by atoms with Crippen LogP contribution in [0.1, 0.15) is 77.3 Å². The lowest BCUT2D eigenvalue weighted by Crippen LogP contribution is -2.29. The summed E-state index contributed by atoms with van der Waals surface area (Å²) in [6.45, 7) is 8.99. The van der Waals surface area contributed by atoms with Gasteiger partial charge in [0, 0.05) is 52.2 Å². The van der Waals surface area contributed by atoms with Crippen LogP contribution in [0, 0.1) is 5.92 Å². The molecule has 67 heavy (non-hydrogen) atoms. The number of halogens is 1. The number of allylic oxidation sites excluding steroid dienone is 8. The van der Waals surface area contributed by atoms with E-state index >= 15 is 0 Å². The van der Waals surface area contributed by atoms with E-state index in [1.54, 1.807) is 12.2 Å². The molecule has 352 valence electrons. The molecule has 1 aliphatic carbocycles. The highest BCUT2D eigenvalue weighted by Crippen LogP contribution is 2.51. The summed E-state index contributed by atoms with van der Waals surface area (Å²) in [7, 11) is -8.18. The maximum atomic E-state index is 14.6. The standard InChI is InChI=1S/C53H58ClN3O8S2/c1-52(2)46(57(31-13-15-33-67(63,64)65)45-27-23-37-17-9-11-21-43(37)49(45)52)28-24-38-34-40(51(59)56-41-18-6-5-7-19-41)35-39(50(38)54)25-29-47(58)53(3,4)48-42-20-10-8-16-36(42)22-26-44(48)55-30-12-14-32-66(60,61)62/h5-11,16-29,40,55H,12-15,30-35H2,1-4H3,(H,56,59)(H,60,61,62)(H,63,64,65). The van der Waals surface area contributed by atoms with E-state index in [1.807, 2.05) is 105 Å². The van der Waals surface area contributed by atoms with Crippen LogP contribution in [0.5, 0.6) is 0 Å². The van der Waals surface area contributed by atoms with Crippen molar-refractivity contribution in [3.63, 3.8) is 0 Å². The number of anilines is 3. The number of benzene rings is 5. The summed E-state index contributed by atoms with van der Waals surface area (Å²) in [5.74, 6) is -1.57. The lowest BCUT2D eigenvalue weighted by Gasteiger charge is -2.29. The van der Waals surface area contributed by atoms with Gasteiger partial charge in [0.2, 0.25) is 5.91 Å². The average Bonchev–Trinajstić information content (AvgIpc) is 3.50. The second kappa shape index (κ2) is 20.3. The Bertz CT molecular complexity index is 3050. The summed E-state index contributed by atoms with van der Waals surface area (Å²) in [5, 5.41) is 11.0. The highest BCUT2D eigenvalue weighted by Gasteiger charge is 2.41. The fourth-order valence-corrected chi connectivity index (χ4v) is 10.9. The van der Waals surface area contributed by atoms with Crippen molar-refractivity contribution < 1.29 is 35.5 Å². The number of hydrogen-bond donors (Lipinski definition) is 4. The zero-order valence-electron chi connectivity index (χ0n) is 38.3. The molecule has 1 unspecified atom stereocenters. The molecule has 1 amide bonds. The molecule has 5 aromatic rings. The first-order valence-electron chi connectivity index (χ1n) is 22.6. The largest absolute Gasteiger partial charge is 0.385 e. The average molecular weight is 965 g/mol. The molecular formula is C53H58ClN3O8S2. The van der Waals surface area contributed by atoms with Crippen LogP contribution in [-0.2, 0) is 40.7 Å². The summed E-state index contributed by atoms with van der Waals surface area (Å²) >= 11 is 7.34. The first-order chi connectivity index (χ1) is 31.7. The SMILES string of the molecule is CC(C)(C(=O)C=CC1=C(Cl)C(=CC=C2N(CCCCS(=O)(=O)O)c3ccc4ccccc4c3C2(C)C)CC(C(=O)Nc2ccccc2)C1)c1c(NCCCCS(=O)(=O)O)ccc2ccccc12. The van der Waals surface area contributed by atoms with E-state index in [0.717, 1.165) is 55.3 Å². The van der Waals surface area contributed by atoms with Crippen LogP contribution in [0.3, 0.4) is 0 Å². The Labute approximate surface area is 399 Å². The summed E-state index contributed by atoms with van der Waals surface area (Å²) in [6.07, 6.45) is 9.42. The summed E-state index contributed by atoms with van der Waals surface area (Å²) < 4.78 is 64.5. The van der Waals surface area contributed by atoms with Crippen molar-refractivity contribution in [2.24, 2.45) is 5.92 Å². The molecule has 1 aliphatic heterocycles. The Morgan fingerprint density at radius 1 is 0.776 bits per heavy atom.